The molecule has 1 atom stereocenters. The summed E-state index contributed by atoms with van der Waals surface area (Å²) in [6, 6.07) is 10.5. The fraction of sp³-hybridized carbons (Fsp3) is 0.439. The van der Waals surface area contributed by atoms with Gasteiger partial charge in [-0.15, -0.1) is 10.2 Å². The highest BCUT2D eigenvalue weighted by Gasteiger charge is 2.64. The number of imide groups is 2. The zero-order chi connectivity index (χ0) is 41.3. The smallest absolute Gasteiger partial charge is 0.272 e. The third-order valence-electron chi connectivity index (χ3n) is 12.2. The summed E-state index contributed by atoms with van der Waals surface area (Å²) in [4.78, 5) is 87.5. The van der Waals surface area contributed by atoms with Crippen LogP contribution >= 0.6 is 11.6 Å². The first-order valence-electron chi connectivity index (χ1n) is 19.2. The molecule has 0 spiro atoms. The molecule has 3 fully saturated rings. The average molecular weight is 808 g/mol. The van der Waals surface area contributed by atoms with Crippen molar-refractivity contribution < 1.29 is 33.5 Å². The van der Waals surface area contributed by atoms with Gasteiger partial charge in [-0.3, -0.25) is 43.9 Å². The number of carbonyl (C=O) groups excluding carboxylic acids is 6. The van der Waals surface area contributed by atoms with E-state index in [0.717, 1.165) is 16.0 Å². The second-order valence-electron chi connectivity index (χ2n) is 16.7. The standard InChI is InChI=1S/C41H42ClN9O7/c1-40(2)38(41(3,4)39(40)58-24-6-7-28(43-5)27(42)18-24)45-34(54)29-8-10-31(47-46-29)49-12-14-50(15-13-49)33(53)21-48-19-22-16-25-26(17-23(22)20-48)37(57)51(36(25)56)30-9-11-32(52)44-35(30)55/h6-8,10,16-18,30,38-39H,9,11-15,19-21H2,1-4H3,(H,45,54)(H,44,52,55). The van der Waals surface area contributed by atoms with Gasteiger partial charge >= 0.3 is 0 Å². The molecule has 5 aliphatic rings. The van der Waals surface area contributed by atoms with Gasteiger partial charge in [0.2, 0.25) is 23.4 Å². The van der Waals surface area contributed by atoms with Gasteiger partial charge in [0.15, 0.2) is 11.5 Å². The van der Waals surface area contributed by atoms with E-state index in [1.807, 2.05) is 37.5 Å². The molecule has 1 unspecified atom stereocenters. The minimum absolute atomic E-state index is 0.0365. The molecular weight excluding hydrogens is 766 g/mol. The normalized spacial score (nSPS) is 23.4. The number of piperidine rings is 1. The summed E-state index contributed by atoms with van der Waals surface area (Å²) in [6.45, 7) is 18.4. The molecule has 1 aliphatic carbocycles. The van der Waals surface area contributed by atoms with Crippen molar-refractivity contribution in [1.29, 1.82) is 0 Å². The van der Waals surface area contributed by atoms with Crippen molar-refractivity contribution >= 4 is 58.5 Å². The molecule has 3 aromatic rings. The van der Waals surface area contributed by atoms with Crippen LogP contribution in [0, 0.1) is 17.4 Å². The molecule has 5 heterocycles. The van der Waals surface area contributed by atoms with Gasteiger partial charge in [0.1, 0.15) is 17.9 Å². The molecule has 16 nitrogen and oxygen atoms in total. The maximum atomic E-state index is 13.4. The number of hydrogen-bond donors (Lipinski definition) is 2. The van der Waals surface area contributed by atoms with Gasteiger partial charge in [0.25, 0.3) is 17.7 Å². The van der Waals surface area contributed by atoms with Crippen LogP contribution in [-0.2, 0) is 27.5 Å². The Labute approximate surface area is 339 Å². The molecule has 0 bridgehead atoms. The Bertz CT molecular complexity index is 2260. The largest absolute Gasteiger partial charge is 0.489 e. The molecule has 17 heteroatoms. The summed E-state index contributed by atoms with van der Waals surface area (Å²) in [5.74, 6) is -1.40. The summed E-state index contributed by atoms with van der Waals surface area (Å²) < 4.78 is 6.34. The first-order valence-corrected chi connectivity index (χ1v) is 19.6. The van der Waals surface area contributed by atoms with E-state index in [1.54, 1.807) is 47.4 Å². The molecule has 300 valence electrons. The van der Waals surface area contributed by atoms with Crippen LogP contribution < -0.4 is 20.3 Å². The number of amides is 6. The quantitative estimate of drug-likeness (QED) is 0.252. The fourth-order valence-electron chi connectivity index (χ4n) is 9.43. The van der Waals surface area contributed by atoms with Crippen LogP contribution in [0.25, 0.3) is 4.85 Å². The van der Waals surface area contributed by atoms with Gasteiger partial charge in [-0.1, -0.05) is 45.4 Å². The molecule has 2 saturated heterocycles. The number of nitrogens with zero attached hydrogens (tertiary/aromatic N) is 7. The number of benzene rings is 2. The molecule has 4 aliphatic heterocycles. The number of anilines is 1. The Morgan fingerprint density at radius 3 is 2.16 bits per heavy atom. The van der Waals surface area contributed by atoms with Crippen LogP contribution in [0.5, 0.6) is 5.75 Å². The van der Waals surface area contributed by atoms with Crippen molar-refractivity contribution in [3.05, 3.63) is 86.9 Å². The predicted octanol–water partition coefficient (Wildman–Crippen LogP) is 3.36. The fourth-order valence-corrected chi connectivity index (χ4v) is 9.65. The molecule has 1 saturated carbocycles. The first kappa shape index (κ1) is 38.9. The highest BCUT2D eigenvalue weighted by Crippen LogP contribution is 2.55. The third kappa shape index (κ3) is 6.71. The van der Waals surface area contributed by atoms with Crippen LogP contribution in [0.1, 0.15) is 82.9 Å². The number of hydrogen-bond acceptors (Lipinski definition) is 11. The number of rotatable bonds is 8. The van der Waals surface area contributed by atoms with Gasteiger partial charge < -0.3 is 19.9 Å². The summed E-state index contributed by atoms with van der Waals surface area (Å²) in [5, 5.41) is 14.3. The van der Waals surface area contributed by atoms with Crippen molar-refractivity contribution in [3.8, 4) is 5.75 Å². The maximum absolute atomic E-state index is 13.4. The van der Waals surface area contributed by atoms with Crippen LogP contribution in [0.15, 0.2) is 42.5 Å². The van der Waals surface area contributed by atoms with Gasteiger partial charge in [0, 0.05) is 62.6 Å². The van der Waals surface area contributed by atoms with E-state index in [2.05, 4.69) is 25.7 Å². The van der Waals surface area contributed by atoms with Crippen molar-refractivity contribution in [3.63, 3.8) is 0 Å². The third-order valence-corrected chi connectivity index (χ3v) is 12.5. The van der Waals surface area contributed by atoms with Crippen LogP contribution in [0.3, 0.4) is 0 Å². The van der Waals surface area contributed by atoms with Crippen molar-refractivity contribution in [2.75, 3.05) is 37.6 Å². The molecule has 0 radical (unpaired) electrons. The molecular formula is C41H42ClN9O7. The van der Waals surface area contributed by atoms with E-state index in [1.165, 1.54) is 0 Å². The van der Waals surface area contributed by atoms with Crippen LogP contribution in [0.4, 0.5) is 11.5 Å². The Morgan fingerprint density at radius 2 is 1.59 bits per heavy atom. The predicted molar refractivity (Wildman–Crippen MR) is 209 cm³/mol. The zero-order valence-electron chi connectivity index (χ0n) is 32.5. The highest BCUT2D eigenvalue weighted by molar-refractivity contribution is 6.33. The van der Waals surface area contributed by atoms with Crippen LogP contribution in [0.2, 0.25) is 5.02 Å². The van der Waals surface area contributed by atoms with Gasteiger partial charge in [0.05, 0.1) is 29.3 Å². The summed E-state index contributed by atoms with van der Waals surface area (Å²) in [5.41, 5.74) is 1.84. The van der Waals surface area contributed by atoms with Crippen molar-refractivity contribution in [2.24, 2.45) is 10.8 Å². The van der Waals surface area contributed by atoms with E-state index in [0.29, 0.717) is 61.5 Å². The minimum Gasteiger partial charge on any atom is -0.489 e. The summed E-state index contributed by atoms with van der Waals surface area (Å²) in [7, 11) is 0. The topological polar surface area (TPSA) is 179 Å². The number of carbonyl (C=O) groups is 6. The zero-order valence-corrected chi connectivity index (χ0v) is 33.3. The van der Waals surface area contributed by atoms with Crippen molar-refractivity contribution in [2.45, 2.75) is 71.8 Å². The number of piperazine rings is 1. The lowest BCUT2D eigenvalue weighted by Crippen LogP contribution is -2.74. The van der Waals surface area contributed by atoms with Gasteiger partial charge in [-0.05, 0) is 53.9 Å². The molecule has 2 N–H and O–H groups in total. The lowest BCUT2D eigenvalue weighted by Gasteiger charge is -2.63. The molecule has 8 rings (SSSR count). The summed E-state index contributed by atoms with van der Waals surface area (Å²) in [6.07, 6.45) is -0.0959. The number of nitrogens with one attached hydrogen (secondary N) is 2. The van der Waals surface area contributed by atoms with Crippen molar-refractivity contribution in [1.82, 2.24) is 35.5 Å². The lowest BCUT2D eigenvalue weighted by atomic mass is 9.49. The van der Waals surface area contributed by atoms with E-state index in [9.17, 15) is 28.8 Å². The SMILES string of the molecule is [C-]#[N+]c1ccc(OC2C(C)(C)C(NC(=O)c3ccc(N4CCN(C(=O)CN5Cc6cc7c(cc6C5)C(=O)N(C5CCC(=O)NC5=O)C7=O)CC4)nn3)C2(C)C)cc1Cl. The highest BCUT2D eigenvalue weighted by atomic mass is 35.5. The lowest BCUT2D eigenvalue weighted by molar-refractivity contribution is -0.164. The Morgan fingerprint density at radius 1 is 0.931 bits per heavy atom. The Kier molecular flexibility index (Phi) is 9.72. The molecule has 58 heavy (non-hydrogen) atoms. The molecule has 6 amide bonds. The number of halogens is 1. The van der Waals surface area contributed by atoms with E-state index >= 15 is 0 Å². The van der Waals surface area contributed by atoms with E-state index in [-0.39, 0.29) is 60.2 Å². The second kappa shape index (κ2) is 14.5. The first-order chi connectivity index (χ1) is 27.6. The Hall–Kier alpha value is -5.92. The monoisotopic (exact) mass is 807 g/mol. The molecule has 1 aromatic heterocycles. The van der Waals surface area contributed by atoms with E-state index in [4.69, 9.17) is 22.9 Å². The van der Waals surface area contributed by atoms with Gasteiger partial charge in [-0.2, -0.15) is 0 Å². The number of aromatic nitrogens is 2. The van der Waals surface area contributed by atoms with Crippen LogP contribution in [-0.4, -0.2) is 111 Å². The Balaban J connectivity index is 0.816. The van der Waals surface area contributed by atoms with Gasteiger partial charge in [-0.25, -0.2) is 4.85 Å². The maximum Gasteiger partial charge on any atom is 0.272 e. The molecule has 2 aromatic carbocycles. The van der Waals surface area contributed by atoms with E-state index < -0.39 is 40.5 Å². The minimum atomic E-state index is -1.02. The number of ether oxygens (including phenoxy) is 1. The summed E-state index contributed by atoms with van der Waals surface area (Å²) >= 11 is 6.23. The number of fused-ring (bicyclic) bond motifs is 2. The second-order valence-corrected chi connectivity index (χ2v) is 17.1. The average Bonchev–Trinajstić information content (AvgIpc) is 3.70.